The number of rotatable bonds is 7. The first kappa shape index (κ1) is 22.8. The smallest absolute Gasteiger partial charge is 0.251 e. The second-order valence-corrected chi connectivity index (χ2v) is 9.11. The predicted octanol–water partition coefficient (Wildman–Crippen LogP) is 3.36. The molecule has 1 unspecified atom stereocenters. The number of morpholine rings is 1. The van der Waals surface area contributed by atoms with Crippen LogP contribution in [0, 0.1) is 12.7 Å². The topological polar surface area (TPSA) is 61.9 Å². The Morgan fingerprint density at radius 3 is 2.66 bits per heavy atom. The number of halogens is 1. The molecule has 2 aliphatic heterocycles. The zero-order chi connectivity index (χ0) is 22.5. The molecule has 1 atom stereocenters. The van der Waals surface area contributed by atoms with Gasteiger partial charge in [0.2, 0.25) is 5.91 Å². The number of thioether (sulfide) groups is 1. The van der Waals surface area contributed by atoms with Crippen molar-refractivity contribution in [1.29, 1.82) is 0 Å². The van der Waals surface area contributed by atoms with Gasteiger partial charge in [-0.05, 0) is 61.3 Å². The zero-order valence-corrected chi connectivity index (χ0v) is 19.0. The van der Waals surface area contributed by atoms with Crippen molar-refractivity contribution in [3.8, 4) is 0 Å². The van der Waals surface area contributed by atoms with Gasteiger partial charge in [-0.3, -0.25) is 19.4 Å². The summed E-state index contributed by atoms with van der Waals surface area (Å²) >= 11 is 1.52. The summed E-state index contributed by atoms with van der Waals surface area (Å²) in [5, 5.41) is 2.78. The molecule has 170 valence electrons. The fraction of sp³-hybridized carbons (Fsp3) is 0.417. The first-order valence-electron chi connectivity index (χ1n) is 10.9. The van der Waals surface area contributed by atoms with Gasteiger partial charge in [-0.1, -0.05) is 12.1 Å². The van der Waals surface area contributed by atoms with Crippen molar-refractivity contribution < 1.29 is 18.7 Å². The number of aryl methyl sites for hydroxylation is 1. The molecule has 1 N–H and O–H groups in total. The summed E-state index contributed by atoms with van der Waals surface area (Å²) in [5.41, 5.74) is 3.09. The van der Waals surface area contributed by atoms with Crippen molar-refractivity contribution in [1.82, 2.24) is 10.2 Å². The lowest BCUT2D eigenvalue weighted by molar-refractivity contribution is -0.115. The average Bonchev–Trinajstić information content (AvgIpc) is 3.18. The molecule has 2 aromatic carbocycles. The van der Waals surface area contributed by atoms with Gasteiger partial charge in [0.1, 0.15) is 11.2 Å². The number of hydrogen-bond acceptors (Lipinski definition) is 5. The van der Waals surface area contributed by atoms with Gasteiger partial charge in [0, 0.05) is 30.9 Å². The number of nitrogens with one attached hydrogen (secondary N) is 1. The van der Waals surface area contributed by atoms with E-state index in [9.17, 15) is 14.0 Å². The molecule has 32 heavy (non-hydrogen) atoms. The van der Waals surface area contributed by atoms with E-state index in [4.69, 9.17) is 4.74 Å². The first-order valence-corrected chi connectivity index (χ1v) is 12.0. The molecule has 6 nitrogen and oxygen atoms in total. The summed E-state index contributed by atoms with van der Waals surface area (Å²) in [6.07, 6.45) is 0.891. The average molecular weight is 458 g/mol. The molecule has 2 aromatic rings. The van der Waals surface area contributed by atoms with Gasteiger partial charge in [0.15, 0.2) is 0 Å². The lowest BCUT2D eigenvalue weighted by Gasteiger charge is -2.26. The van der Waals surface area contributed by atoms with Crippen LogP contribution in [-0.4, -0.2) is 61.9 Å². The van der Waals surface area contributed by atoms with Crippen LogP contribution in [-0.2, 0) is 9.53 Å². The number of carbonyl (C=O) groups is 2. The molecule has 8 heteroatoms. The first-order chi connectivity index (χ1) is 15.5. The number of benzene rings is 2. The minimum atomic E-state index is -0.300. The van der Waals surface area contributed by atoms with Crippen molar-refractivity contribution in [2.45, 2.75) is 18.7 Å². The Bertz CT molecular complexity index is 963. The number of carbonyl (C=O) groups excluding carboxylic acids is 2. The minimum Gasteiger partial charge on any atom is -0.379 e. The predicted molar refractivity (Wildman–Crippen MR) is 124 cm³/mol. The molecule has 0 aliphatic carbocycles. The van der Waals surface area contributed by atoms with Crippen molar-refractivity contribution in [2.75, 3.05) is 50.0 Å². The number of amides is 2. The molecule has 0 bridgehead atoms. The summed E-state index contributed by atoms with van der Waals surface area (Å²) in [5.74, 6) is -0.0370. The molecule has 2 saturated heterocycles. The van der Waals surface area contributed by atoms with Crippen molar-refractivity contribution >= 4 is 29.3 Å². The molecule has 2 fully saturated rings. The van der Waals surface area contributed by atoms with Crippen molar-refractivity contribution in [2.24, 2.45) is 0 Å². The number of nitrogens with zero attached hydrogens (tertiary/aromatic N) is 2. The number of anilines is 1. The third-order valence-corrected chi connectivity index (χ3v) is 6.99. The Kier molecular flexibility index (Phi) is 7.44. The van der Waals surface area contributed by atoms with Crippen LogP contribution >= 0.6 is 11.8 Å². The van der Waals surface area contributed by atoms with Crippen molar-refractivity contribution in [3.05, 3.63) is 65.0 Å². The van der Waals surface area contributed by atoms with Crippen LogP contribution in [0.25, 0.3) is 0 Å². The van der Waals surface area contributed by atoms with Crippen LogP contribution in [0.5, 0.6) is 0 Å². The van der Waals surface area contributed by atoms with Gasteiger partial charge in [-0.15, -0.1) is 11.8 Å². The molecule has 0 spiro atoms. The Morgan fingerprint density at radius 2 is 1.94 bits per heavy atom. The second-order valence-electron chi connectivity index (χ2n) is 8.04. The van der Waals surface area contributed by atoms with Crippen LogP contribution < -0.4 is 10.2 Å². The van der Waals surface area contributed by atoms with E-state index in [2.05, 4.69) is 10.2 Å². The SMILES string of the molecule is Cc1cc(C(=O)NCCCN2CCOCC2)ccc1N1C(=O)CSC1c1ccc(F)cc1. The van der Waals surface area contributed by atoms with Crippen LogP contribution in [0.4, 0.5) is 10.1 Å². The second kappa shape index (κ2) is 10.5. The summed E-state index contributed by atoms with van der Waals surface area (Å²) in [6.45, 7) is 6.91. The Morgan fingerprint density at radius 1 is 1.19 bits per heavy atom. The highest BCUT2D eigenvalue weighted by atomic mass is 32.2. The van der Waals surface area contributed by atoms with Crippen LogP contribution in [0.1, 0.15) is 33.3 Å². The van der Waals surface area contributed by atoms with E-state index in [0.717, 1.165) is 56.1 Å². The summed E-state index contributed by atoms with van der Waals surface area (Å²) < 4.78 is 18.7. The van der Waals surface area contributed by atoms with Gasteiger partial charge >= 0.3 is 0 Å². The van der Waals surface area contributed by atoms with Crippen LogP contribution in [0.2, 0.25) is 0 Å². The minimum absolute atomic E-state index is 0.00717. The van der Waals surface area contributed by atoms with E-state index >= 15 is 0 Å². The maximum Gasteiger partial charge on any atom is 0.251 e. The maximum absolute atomic E-state index is 13.3. The third kappa shape index (κ3) is 5.31. The highest BCUT2D eigenvalue weighted by molar-refractivity contribution is 8.00. The third-order valence-electron chi connectivity index (χ3n) is 5.78. The lowest BCUT2D eigenvalue weighted by atomic mass is 10.1. The number of ether oxygens (including phenoxy) is 1. The van der Waals surface area contributed by atoms with E-state index < -0.39 is 0 Å². The summed E-state index contributed by atoms with van der Waals surface area (Å²) in [4.78, 5) is 29.3. The lowest BCUT2D eigenvalue weighted by Crippen LogP contribution is -2.38. The zero-order valence-electron chi connectivity index (χ0n) is 18.2. The Labute approximate surface area is 192 Å². The standard InChI is InChI=1S/C24H28FN3O3S/c1-17-15-19(23(30)26-9-2-10-27-11-13-31-14-12-27)5-8-21(17)28-22(29)16-32-24(28)18-3-6-20(25)7-4-18/h3-8,15,24H,2,9-14,16H2,1H3,(H,26,30). The van der Waals surface area contributed by atoms with Gasteiger partial charge in [-0.2, -0.15) is 0 Å². The molecular weight excluding hydrogens is 429 g/mol. The van der Waals surface area contributed by atoms with E-state index in [1.54, 1.807) is 23.1 Å². The summed E-state index contributed by atoms with van der Waals surface area (Å²) in [6, 6.07) is 11.7. The highest BCUT2D eigenvalue weighted by Gasteiger charge is 2.34. The van der Waals surface area contributed by atoms with Gasteiger partial charge in [-0.25, -0.2) is 4.39 Å². The van der Waals surface area contributed by atoms with E-state index in [-0.39, 0.29) is 23.0 Å². The Balaban J connectivity index is 1.38. The van der Waals surface area contributed by atoms with Crippen molar-refractivity contribution in [3.63, 3.8) is 0 Å². The highest BCUT2D eigenvalue weighted by Crippen LogP contribution is 2.42. The normalized spacial score (nSPS) is 19.4. The molecule has 2 heterocycles. The molecule has 2 aliphatic rings. The summed E-state index contributed by atoms with van der Waals surface area (Å²) in [7, 11) is 0. The van der Waals surface area contributed by atoms with Crippen LogP contribution in [0.3, 0.4) is 0 Å². The Hall–Kier alpha value is -2.42. The van der Waals surface area contributed by atoms with E-state index in [1.807, 2.05) is 19.1 Å². The molecule has 2 amide bonds. The van der Waals surface area contributed by atoms with E-state index in [0.29, 0.717) is 17.9 Å². The van der Waals surface area contributed by atoms with Gasteiger partial charge in [0.25, 0.3) is 5.91 Å². The maximum atomic E-state index is 13.3. The molecule has 0 aromatic heterocycles. The molecule has 0 radical (unpaired) electrons. The molecular formula is C24H28FN3O3S. The largest absolute Gasteiger partial charge is 0.379 e. The van der Waals surface area contributed by atoms with Gasteiger partial charge < -0.3 is 10.1 Å². The number of hydrogen-bond donors (Lipinski definition) is 1. The quantitative estimate of drug-likeness (QED) is 0.646. The fourth-order valence-electron chi connectivity index (χ4n) is 4.06. The molecule has 0 saturated carbocycles. The fourth-order valence-corrected chi connectivity index (χ4v) is 5.23. The van der Waals surface area contributed by atoms with Crippen LogP contribution in [0.15, 0.2) is 42.5 Å². The monoisotopic (exact) mass is 457 g/mol. The van der Waals surface area contributed by atoms with Gasteiger partial charge in [0.05, 0.1) is 19.0 Å². The van der Waals surface area contributed by atoms with E-state index in [1.165, 1.54) is 23.9 Å². The molecule has 4 rings (SSSR count).